The van der Waals surface area contributed by atoms with Crippen molar-refractivity contribution in [2.45, 2.75) is 26.7 Å². The number of aromatic nitrogens is 1. The Bertz CT molecular complexity index is 669. The maximum absolute atomic E-state index is 12.4. The Kier molecular flexibility index (Phi) is 5.86. The summed E-state index contributed by atoms with van der Waals surface area (Å²) in [5, 5.41) is 5.59. The number of anilines is 2. The first-order chi connectivity index (χ1) is 11.1. The molecular formula is C18H21N3O2. The number of para-hydroxylation sites is 1. The van der Waals surface area contributed by atoms with Crippen LogP contribution in [0.1, 0.15) is 37.0 Å². The second kappa shape index (κ2) is 8.08. The van der Waals surface area contributed by atoms with Crippen LogP contribution in [0, 0.1) is 5.92 Å². The van der Waals surface area contributed by atoms with Crippen molar-refractivity contribution >= 4 is 23.2 Å². The average Bonchev–Trinajstić information content (AvgIpc) is 2.54. The van der Waals surface area contributed by atoms with Gasteiger partial charge in [-0.15, -0.1) is 0 Å². The number of carbonyl (C=O) groups excluding carboxylic acids is 2. The van der Waals surface area contributed by atoms with Crippen LogP contribution in [0.5, 0.6) is 0 Å². The summed E-state index contributed by atoms with van der Waals surface area (Å²) in [6.45, 7) is 4.14. The maximum atomic E-state index is 12.4. The molecule has 0 aliphatic heterocycles. The normalized spacial score (nSPS) is 10.4. The minimum Gasteiger partial charge on any atom is -0.325 e. The summed E-state index contributed by atoms with van der Waals surface area (Å²) < 4.78 is 0. The van der Waals surface area contributed by atoms with E-state index in [0.29, 0.717) is 29.3 Å². The highest BCUT2D eigenvalue weighted by molar-refractivity contribution is 6.10. The number of nitrogens with zero attached hydrogens (tertiary/aromatic N) is 1. The molecule has 23 heavy (non-hydrogen) atoms. The highest BCUT2D eigenvalue weighted by Crippen LogP contribution is 2.18. The molecule has 0 bridgehead atoms. The molecule has 2 aromatic rings. The third kappa shape index (κ3) is 5.21. The monoisotopic (exact) mass is 311 g/mol. The predicted molar refractivity (Wildman–Crippen MR) is 91.3 cm³/mol. The van der Waals surface area contributed by atoms with Gasteiger partial charge in [0.1, 0.15) is 0 Å². The molecule has 120 valence electrons. The van der Waals surface area contributed by atoms with Crippen molar-refractivity contribution in [3.8, 4) is 0 Å². The smallest absolute Gasteiger partial charge is 0.257 e. The third-order valence-electron chi connectivity index (χ3n) is 3.31. The molecule has 2 rings (SSSR count). The van der Waals surface area contributed by atoms with E-state index in [4.69, 9.17) is 0 Å². The number of rotatable bonds is 6. The summed E-state index contributed by atoms with van der Waals surface area (Å²) in [5.41, 5.74) is 1.55. The fourth-order valence-electron chi connectivity index (χ4n) is 2.06. The van der Waals surface area contributed by atoms with Gasteiger partial charge < -0.3 is 10.6 Å². The lowest BCUT2D eigenvalue weighted by Crippen LogP contribution is -2.18. The number of hydrogen-bond acceptors (Lipinski definition) is 3. The van der Waals surface area contributed by atoms with Gasteiger partial charge in [0, 0.05) is 12.6 Å². The summed E-state index contributed by atoms with van der Waals surface area (Å²) in [4.78, 5) is 28.3. The first-order valence-corrected chi connectivity index (χ1v) is 7.66. The molecule has 0 unspecified atom stereocenters. The van der Waals surface area contributed by atoms with Crippen LogP contribution in [0.3, 0.4) is 0 Å². The molecule has 5 heteroatoms. The molecule has 0 fully saturated rings. The number of hydrogen-bond donors (Lipinski definition) is 2. The van der Waals surface area contributed by atoms with Gasteiger partial charge in [-0.2, -0.15) is 0 Å². The highest BCUT2D eigenvalue weighted by Gasteiger charge is 2.13. The summed E-state index contributed by atoms with van der Waals surface area (Å²) >= 11 is 0. The zero-order chi connectivity index (χ0) is 16.7. The summed E-state index contributed by atoms with van der Waals surface area (Å²) in [6.07, 6.45) is 4.46. The number of benzene rings is 1. The zero-order valence-corrected chi connectivity index (χ0v) is 13.4. The van der Waals surface area contributed by atoms with Crippen molar-refractivity contribution < 1.29 is 9.59 Å². The van der Waals surface area contributed by atoms with Gasteiger partial charge in [0.05, 0.1) is 23.1 Å². The van der Waals surface area contributed by atoms with Gasteiger partial charge in [-0.1, -0.05) is 26.0 Å². The van der Waals surface area contributed by atoms with Gasteiger partial charge in [-0.25, -0.2) is 0 Å². The van der Waals surface area contributed by atoms with Gasteiger partial charge in [-0.3, -0.25) is 14.6 Å². The predicted octanol–water partition coefficient (Wildman–Crippen LogP) is 3.71. The van der Waals surface area contributed by atoms with Crippen molar-refractivity contribution in [3.05, 3.63) is 54.4 Å². The number of pyridine rings is 1. The van der Waals surface area contributed by atoms with Crippen molar-refractivity contribution in [1.82, 2.24) is 4.98 Å². The van der Waals surface area contributed by atoms with Crippen LogP contribution in [0.25, 0.3) is 0 Å². The largest absolute Gasteiger partial charge is 0.325 e. The van der Waals surface area contributed by atoms with Crippen molar-refractivity contribution in [2.24, 2.45) is 5.92 Å². The number of nitrogens with one attached hydrogen (secondary N) is 2. The SMILES string of the molecule is CC(C)CCC(=O)Nc1ccccc1C(=O)Nc1cccnc1. The third-order valence-corrected chi connectivity index (χ3v) is 3.31. The molecule has 1 heterocycles. The van der Waals surface area contributed by atoms with Crippen LogP contribution < -0.4 is 10.6 Å². The summed E-state index contributed by atoms with van der Waals surface area (Å²) in [6, 6.07) is 10.5. The van der Waals surface area contributed by atoms with Gasteiger partial charge in [-0.05, 0) is 36.6 Å². The second-order valence-corrected chi connectivity index (χ2v) is 5.72. The zero-order valence-electron chi connectivity index (χ0n) is 13.4. The highest BCUT2D eigenvalue weighted by atomic mass is 16.2. The molecule has 0 saturated heterocycles. The molecule has 0 saturated carbocycles. The van der Waals surface area contributed by atoms with Gasteiger partial charge in [0.15, 0.2) is 0 Å². The first-order valence-electron chi connectivity index (χ1n) is 7.66. The lowest BCUT2D eigenvalue weighted by Gasteiger charge is -2.12. The summed E-state index contributed by atoms with van der Waals surface area (Å²) in [7, 11) is 0. The van der Waals surface area contributed by atoms with E-state index < -0.39 is 0 Å². The van der Waals surface area contributed by atoms with Crippen molar-refractivity contribution in [2.75, 3.05) is 10.6 Å². The topological polar surface area (TPSA) is 71.1 Å². The number of amides is 2. The van der Waals surface area contributed by atoms with Crippen LogP contribution in [0.4, 0.5) is 11.4 Å². The Labute approximate surface area is 136 Å². The molecule has 2 N–H and O–H groups in total. The Hall–Kier alpha value is -2.69. The Morgan fingerprint density at radius 3 is 2.57 bits per heavy atom. The molecule has 0 aliphatic rings. The van der Waals surface area contributed by atoms with Gasteiger partial charge >= 0.3 is 0 Å². The van der Waals surface area contributed by atoms with E-state index in [2.05, 4.69) is 29.5 Å². The van der Waals surface area contributed by atoms with Crippen LogP contribution in [0.15, 0.2) is 48.8 Å². The number of carbonyl (C=O) groups is 2. The Morgan fingerprint density at radius 1 is 1.09 bits per heavy atom. The van der Waals surface area contributed by atoms with Gasteiger partial charge in [0.25, 0.3) is 5.91 Å². The fourth-order valence-corrected chi connectivity index (χ4v) is 2.06. The molecule has 0 radical (unpaired) electrons. The molecule has 1 aromatic carbocycles. The second-order valence-electron chi connectivity index (χ2n) is 5.72. The molecular weight excluding hydrogens is 290 g/mol. The van der Waals surface area contributed by atoms with Crippen LogP contribution >= 0.6 is 0 Å². The first kappa shape index (κ1) is 16.7. The molecule has 0 spiro atoms. The minimum atomic E-state index is -0.280. The van der Waals surface area contributed by atoms with E-state index in [1.54, 1.807) is 48.8 Å². The lowest BCUT2D eigenvalue weighted by atomic mass is 10.1. The van der Waals surface area contributed by atoms with Crippen LogP contribution in [-0.2, 0) is 4.79 Å². The van der Waals surface area contributed by atoms with E-state index >= 15 is 0 Å². The standard InChI is InChI=1S/C18H21N3O2/c1-13(2)9-10-17(22)21-16-8-4-3-7-15(16)18(23)20-14-6-5-11-19-12-14/h3-8,11-13H,9-10H2,1-2H3,(H,20,23)(H,21,22). The van der Waals surface area contributed by atoms with Crippen molar-refractivity contribution in [3.63, 3.8) is 0 Å². The lowest BCUT2D eigenvalue weighted by molar-refractivity contribution is -0.116. The van der Waals surface area contributed by atoms with E-state index in [9.17, 15) is 9.59 Å². The van der Waals surface area contributed by atoms with E-state index in [1.807, 2.05) is 0 Å². The molecule has 1 aromatic heterocycles. The molecule has 2 amide bonds. The Morgan fingerprint density at radius 2 is 1.87 bits per heavy atom. The van der Waals surface area contributed by atoms with E-state index in [0.717, 1.165) is 6.42 Å². The fraction of sp³-hybridized carbons (Fsp3) is 0.278. The maximum Gasteiger partial charge on any atom is 0.257 e. The summed E-state index contributed by atoms with van der Waals surface area (Å²) in [5.74, 6) is 0.1000. The molecule has 0 aliphatic carbocycles. The average molecular weight is 311 g/mol. The minimum absolute atomic E-state index is 0.0830. The van der Waals surface area contributed by atoms with Crippen LogP contribution in [-0.4, -0.2) is 16.8 Å². The molecule has 5 nitrogen and oxygen atoms in total. The van der Waals surface area contributed by atoms with Gasteiger partial charge in [0.2, 0.25) is 5.91 Å². The van der Waals surface area contributed by atoms with E-state index in [-0.39, 0.29) is 11.8 Å². The quantitative estimate of drug-likeness (QED) is 0.854. The van der Waals surface area contributed by atoms with Crippen molar-refractivity contribution in [1.29, 1.82) is 0 Å². The molecule has 0 atom stereocenters. The van der Waals surface area contributed by atoms with E-state index in [1.165, 1.54) is 0 Å². The Balaban J connectivity index is 2.07. The van der Waals surface area contributed by atoms with Crippen LogP contribution in [0.2, 0.25) is 0 Å².